The van der Waals surface area contributed by atoms with Gasteiger partial charge in [-0.3, -0.25) is 0 Å². The molecule has 7 heteroatoms. The Bertz CT molecular complexity index is 360. The molecule has 0 aliphatic rings. The van der Waals surface area contributed by atoms with Gasteiger partial charge < -0.3 is 19.7 Å². The molecular weight excluding hydrogens is 280 g/mol. The largest absolute Gasteiger partial charge is 0.479 e. The van der Waals surface area contributed by atoms with Crippen molar-refractivity contribution < 1.29 is 29.3 Å². The molecule has 0 radical (unpaired) electrons. The van der Waals surface area contributed by atoms with Gasteiger partial charge in [0, 0.05) is 0 Å². The second-order valence-electron chi connectivity index (χ2n) is 6.36. The quantitative estimate of drug-likeness (QED) is 0.666. The van der Waals surface area contributed by atoms with Gasteiger partial charge >= 0.3 is 11.9 Å². The van der Waals surface area contributed by atoms with Gasteiger partial charge in [0.2, 0.25) is 0 Å². The zero-order valence-electron chi connectivity index (χ0n) is 13.3. The van der Waals surface area contributed by atoms with Crippen molar-refractivity contribution in [2.45, 2.75) is 70.9 Å². The van der Waals surface area contributed by atoms with Gasteiger partial charge in [-0.2, -0.15) is 0 Å². The molecule has 20 heavy (non-hydrogen) atoms. The van der Waals surface area contributed by atoms with Crippen LogP contribution >= 0.6 is 0 Å². The average molecular weight is 306 g/mol. The van der Waals surface area contributed by atoms with Gasteiger partial charge in [0.1, 0.15) is 8.07 Å². The van der Waals surface area contributed by atoms with Crippen LogP contribution in [0, 0.1) is 0 Å². The molecule has 118 valence electrons. The molecule has 0 spiro atoms. The summed E-state index contributed by atoms with van der Waals surface area (Å²) in [7, 11) is -2.58. The topological polar surface area (TPSA) is 93.1 Å². The summed E-state index contributed by atoms with van der Waals surface area (Å²) in [6.07, 6.45) is -2.37. The van der Waals surface area contributed by atoms with Gasteiger partial charge in [0.15, 0.2) is 11.3 Å². The van der Waals surface area contributed by atoms with E-state index in [1.807, 2.05) is 0 Å². The summed E-state index contributed by atoms with van der Waals surface area (Å²) in [5, 5.41) is 17.3. The van der Waals surface area contributed by atoms with Crippen LogP contribution in [-0.4, -0.2) is 53.8 Å². The van der Waals surface area contributed by atoms with Crippen molar-refractivity contribution in [1.82, 2.24) is 0 Å². The molecule has 0 rings (SSSR count). The van der Waals surface area contributed by atoms with Crippen molar-refractivity contribution in [2.75, 3.05) is 0 Å². The molecule has 0 fully saturated rings. The summed E-state index contributed by atoms with van der Waals surface area (Å²) < 4.78 is 11.0. The van der Waals surface area contributed by atoms with Crippen LogP contribution in [0.3, 0.4) is 0 Å². The van der Waals surface area contributed by atoms with Crippen molar-refractivity contribution in [3.8, 4) is 0 Å². The Morgan fingerprint density at radius 1 is 1.00 bits per heavy atom. The zero-order chi connectivity index (χ0) is 16.3. The van der Waals surface area contributed by atoms with Gasteiger partial charge in [0.25, 0.3) is 0 Å². The standard InChI is InChI=1S/C13H26O6Si/c1-8(2)18-10(11(14)15)13(12(16)17,19-9(3)4)20(5,6)7/h8-10H,1-7H3,(H,14,15)(H,16,17). The van der Waals surface area contributed by atoms with Gasteiger partial charge in [-0.15, -0.1) is 0 Å². The van der Waals surface area contributed by atoms with E-state index >= 15 is 0 Å². The number of ether oxygens (including phenoxy) is 2. The summed E-state index contributed by atoms with van der Waals surface area (Å²) in [6, 6.07) is 0. The number of carboxylic acid groups (broad SMARTS) is 2. The summed E-state index contributed by atoms with van der Waals surface area (Å²) in [5.41, 5.74) is 0. The molecule has 0 aliphatic carbocycles. The molecule has 0 bridgehead atoms. The van der Waals surface area contributed by atoms with Crippen LogP contribution in [0.15, 0.2) is 0 Å². The van der Waals surface area contributed by atoms with Crippen molar-refractivity contribution >= 4 is 20.0 Å². The van der Waals surface area contributed by atoms with Crippen LogP contribution < -0.4 is 0 Å². The number of carbonyl (C=O) groups is 2. The van der Waals surface area contributed by atoms with Crippen LogP contribution in [0.25, 0.3) is 0 Å². The minimum atomic E-state index is -2.58. The molecule has 0 heterocycles. The van der Waals surface area contributed by atoms with E-state index in [1.54, 1.807) is 47.3 Å². The smallest absolute Gasteiger partial charge is 0.336 e. The van der Waals surface area contributed by atoms with Crippen molar-refractivity contribution in [3.05, 3.63) is 0 Å². The van der Waals surface area contributed by atoms with Gasteiger partial charge in [-0.1, -0.05) is 19.6 Å². The lowest BCUT2D eigenvalue weighted by atomic mass is 10.1. The first-order valence-corrected chi connectivity index (χ1v) is 10.2. The van der Waals surface area contributed by atoms with Crippen molar-refractivity contribution in [3.63, 3.8) is 0 Å². The fourth-order valence-electron chi connectivity index (χ4n) is 2.09. The molecular formula is C13H26O6Si. The van der Waals surface area contributed by atoms with Gasteiger partial charge in [-0.25, -0.2) is 9.59 Å². The van der Waals surface area contributed by atoms with Crippen LogP contribution in [0.2, 0.25) is 19.6 Å². The predicted molar refractivity (Wildman–Crippen MR) is 77.6 cm³/mol. The first-order chi connectivity index (χ1) is 8.86. The third-order valence-electron chi connectivity index (χ3n) is 2.86. The maximum absolute atomic E-state index is 11.9. The molecule has 6 nitrogen and oxygen atoms in total. The zero-order valence-corrected chi connectivity index (χ0v) is 14.3. The molecule has 2 unspecified atom stereocenters. The Balaban J connectivity index is 6.03. The normalized spacial score (nSPS) is 17.1. The van der Waals surface area contributed by atoms with Crippen LogP contribution in [0.5, 0.6) is 0 Å². The molecule has 0 aromatic carbocycles. The Morgan fingerprint density at radius 2 is 1.45 bits per heavy atom. The number of rotatable bonds is 8. The van der Waals surface area contributed by atoms with E-state index in [9.17, 15) is 19.8 Å². The highest BCUT2D eigenvalue weighted by atomic mass is 28.3. The number of carboxylic acids is 2. The number of hydrogen-bond acceptors (Lipinski definition) is 4. The van der Waals surface area contributed by atoms with E-state index in [4.69, 9.17) is 9.47 Å². The molecule has 0 aromatic heterocycles. The molecule has 0 saturated heterocycles. The number of aliphatic carboxylic acids is 2. The van der Waals surface area contributed by atoms with Crippen LogP contribution in [0.4, 0.5) is 0 Å². The summed E-state index contributed by atoms with van der Waals surface area (Å²) in [5.74, 6) is -2.59. The highest BCUT2D eigenvalue weighted by Gasteiger charge is 2.61. The molecule has 2 N–H and O–H groups in total. The van der Waals surface area contributed by atoms with Gasteiger partial charge in [-0.05, 0) is 27.7 Å². The molecule has 0 aromatic rings. The minimum Gasteiger partial charge on any atom is -0.479 e. The SMILES string of the molecule is CC(C)OC(C(=O)O)C(OC(C)C)(C(=O)O)[Si](C)(C)C. The third kappa shape index (κ3) is 4.03. The van der Waals surface area contributed by atoms with E-state index < -0.39 is 43.5 Å². The average Bonchev–Trinajstić information content (AvgIpc) is 2.19. The van der Waals surface area contributed by atoms with E-state index in [-0.39, 0.29) is 0 Å². The van der Waals surface area contributed by atoms with E-state index in [1.165, 1.54) is 0 Å². The highest BCUT2D eigenvalue weighted by molar-refractivity contribution is 6.82. The monoisotopic (exact) mass is 306 g/mol. The van der Waals surface area contributed by atoms with E-state index in [0.717, 1.165) is 0 Å². The second-order valence-corrected chi connectivity index (χ2v) is 11.6. The third-order valence-corrected chi connectivity index (χ3v) is 5.68. The maximum atomic E-state index is 11.9. The van der Waals surface area contributed by atoms with E-state index in [2.05, 4.69) is 0 Å². The van der Waals surface area contributed by atoms with Crippen molar-refractivity contribution in [2.24, 2.45) is 0 Å². The fourth-order valence-corrected chi connectivity index (χ4v) is 4.30. The summed E-state index contributed by atoms with van der Waals surface area (Å²) in [4.78, 5) is 23.5. The summed E-state index contributed by atoms with van der Waals surface area (Å²) >= 11 is 0. The Kier molecular flexibility index (Phi) is 6.38. The second kappa shape index (κ2) is 6.69. The molecule has 0 saturated carbocycles. The van der Waals surface area contributed by atoms with E-state index in [0.29, 0.717) is 0 Å². The first kappa shape index (κ1) is 19.1. The molecule has 2 atom stereocenters. The highest BCUT2D eigenvalue weighted by Crippen LogP contribution is 2.33. The first-order valence-electron chi connectivity index (χ1n) is 6.65. The van der Waals surface area contributed by atoms with Gasteiger partial charge in [0.05, 0.1) is 12.2 Å². The fraction of sp³-hybridized carbons (Fsp3) is 0.846. The Labute approximate surface area is 121 Å². The molecule has 0 amide bonds. The minimum absolute atomic E-state index is 0.415. The predicted octanol–water partition coefficient (Wildman–Crippen LogP) is 1.99. The van der Waals surface area contributed by atoms with Crippen molar-refractivity contribution in [1.29, 1.82) is 0 Å². The number of hydrogen-bond donors (Lipinski definition) is 2. The Morgan fingerprint density at radius 3 is 1.65 bits per heavy atom. The lowest BCUT2D eigenvalue weighted by molar-refractivity contribution is -0.195. The van der Waals surface area contributed by atoms with Crippen LogP contribution in [0.1, 0.15) is 27.7 Å². The Hall–Kier alpha value is -0.923. The summed E-state index contributed by atoms with van der Waals surface area (Å²) in [6.45, 7) is 12.0. The lowest BCUT2D eigenvalue weighted by Crippen LogP contribution is -2.70. The van der Waals surface area contributed by atoms with Crippen LogP contribution in [-0.2, 0) is 19.1 Å². The molecule has 0 aliphatic heterocycles. The maximum Gasteiger partial charge on any atom is 0.336 e. The lowest BCUT2D eigenvalue weighted by Gasteiger charge is -2.44.